The Balaban J connectivity index is 2.08. The van der Waals surface area contributed by atoms with Crippen molar-refractivity contribution in [1.29, 1.82) is 0 Å². The van der Waals surface area contributed by atoms with Crippen LogP contribution in [0.25, 0.3) is 0 Å². The van der Waals surface area contributed by atoms with Gasteiger partial charge in [0, 0.05) is 0 Å². The van der Waals surface area contributed by atoms with Crippen LogP contribution in [0.15, 0.2) is 0 Å². The lowest BCUT2D eigenvalue weighted by Gasteiger charge is -2.18. The average Bonchev–Trinajstić information content (AvgIpc) is 2.12. The van der Waals surface area contributed by atoms with Crippen molar-refractivity contribution in [3.05, 3.63) is 0 Å². The highest BCUT2D eigenvalue weighted by molar-refractivity contribution is 5.00. The molecule has 0 aromatic heterocycles. The van der Waals surface area contributed by atoms with Crippen molar-refractivity contribution < 1.29 is 0 Å². The Hall–Kier alpha value is 0. The molecule has 0 radical (unpaired) electrons. The first-order valence-electron chi connectivity index (χ1n) is 2.88. The van der Waals surface area contributed by atoms with Gasteiger partial charge in [0.05, 0.1) is 0 Å². The Bertz CT molecular complexity index is 76.1. The Morgan fingerprint density at radius 2 is 2.17 bits per heavy atom. The van der Waals surface area contributed by atoms with Gasteiger partial charge in [0.25, 0.3) is 0 Å². The van der Waals surface area contributed by atoms with Gasteiger partial charge >= 0.3 is 0 Å². The van der Waals surface area contributed by atoms with Gasteiger partial charge < -0.3 is 0 Å². The zero-order chi connectivity index (χ0) is 4.15. The molecule has 0 unspecified atom stereocenters. The molecule has 0 heteroatoms. The Morgan fingerprint density at radius 1 is 1.33 bits per heavy atom. The van der Waals surface area contributed by atoms with Crippen LogP contribution >= 0.6 is 0 Å². The minimum absolute atomic E-state index is 1.11. The predicted molar refractivity (Wildman–Crippen MR) is 25.4 cm³/mol. The summed E-state index contributed by atoms with van der Waals surface area (Å²) in [7, 11) is 0. The summed E-state index contributed by atoms with van der Waals surface area (Å²) in [5.74, 6) is 3.51. The third kappa shape index (κ3) is 0.184. The first kappa shape index (κ1) is 3.06. The highest BCUT2D eigenvalue weighted by atomic mass is 14.6. The van der Waals surface area contributed by atoms with Crippen molar-refractivity contribution in [3.8, 4) is 0 Å². The molecule has 3 atom stereocenters. The van der Waals surface area contributed by atoms with E-state index in [0.717, 1.165) is 5.92 Å². The quantitative estimate of drug-likeness (QED) is 0.417. The lowest BCUT2D eigenvalue weighted by Crippen LogP contribution is -2.10. The zero-order valence-electron chi connectivity index (χ0n) is 4.15. The predicted octanol–water partition coefficient (Wildman–Crippen LogP) is 1.66. The third-order valence-electron chi connectivity index (χ3n) is 2.38. The fourth-order valence-corrected chi connectivity index (χ4v) is 1.70. The van der Waals surface area contributed by atoms with E-state index in [0.29, 0.717) is 0 Å². The smallest absolute Gasteiger partial charge is 0.0357 e. The molecule has 0 nitrogen and oxygen atoms in total. The van der Waals surface area contributed by atoms with Gasteiger partial charge in [-0.2, -0.15) is 0 Å². The van der Waals surface area contributed by atoms with Gasteiger partial charge in [-0.15, -0.1) is 0 Å². The molecular weight excluding hydrogens is 72.1 g/mol. The number of hydrogen-bond acceptors (Lipinski definition) is 0. The highest BCUT2D eigenvalue weighted by Crippen LogP contribution is 2.59. The van der Waals surface area contributed by atoms with Crippen LogP contribution in [0.2, 0.25) is 0 Å². The first-order valence-corrected chi connectivity index (χ1v) is 2.88. The molecule has 0 N–H and O–H groups in total. The molecule has 2 fully saturated rings. The van der Waals surface area contributed by atoms with Gasteiger partial charge in [0.1, 0.15) is 0 Å². The molecular formula is C6H10. The maximum Gasteiger partial charge on any atom is -0.0357 e. The number of rotatable bonds is 0. The molecule has 2 rings (SSSR count). The largest absolute Gasteiger partial charge is 0.0622 e. The monoisotopic (exact) mass is 82.1 g/mol. The maximum atomic E-state index is 2.37. The van der Waals surface area contributed by atoms with Crippen LogP contribution in [-0.4, -0.2) is 0 Å². The molecule has 34 valence electrons. The Labute approximate surface area is 38.6 Å². The van der Waals surface area contributed by atoms with E-state index in [9.17, 15) is 0 Å². The summed E-state index contributed by atoms with van der Waals surface area (Å²) in [5, 5.41) is 0. The second-order valence-corrected chi connectivity index (χ2v) is 2.87. The normalized spacial score (nSPS) is 62.5. The van der Waals surface area contributed by atoms with E-state index in [1.165, 1.54) is 11.8 Å². The van der Waals surface area contributed by atoms with Crippen molar-refractivity contribution in [2.24, 2.45) is 17.8 Å². The van der Waals surface area contributed by atoms with E-state index in [1.807, 2.05) is 0 Å². The van der Waals surface area contributed by atoms with Crippen LogP contribution in [0.5, 0.6) is 0 Å². The molecule has 6 heavy (non-hydrogen) atoms. The van der Waals surface area contributed by atoms with Gasteiger partial charge in [-0.3, -0.25) is 0 Å². The first-order chi connectivity index (χ1) is 2.88. The Kier molecular flexibility index (Phi) is 0.337. The van der Waals surface area contributed by atoms with Crippen LogP contribution in [0.3, 0.4) is 0 Å². The topological polar surface area (TPSA) is 0 Å². The van der Waals surface area contributed by atoms with Gasteiger partial charge in [-0.05, 0) is 30.6 Å². The molecule has 2 aliphatic rings. The minimum atomic E-state index is 1.11. The van der Waals surface area contributed by atoms with Gasteiger partial charge in [0.15, 0.2) is 0 Å². The van der Waals surface area contributed by atoms with Crippen molar-refractivity contribution in [1.82, 2.24) is 0 Å². The highest BCUT2D eigenvalue weighted by Gasteiger charge is 2.50. The molecule has 0 aliphatic heterocycles. The lowest BCUT2D eigenvalue weighted by molar-refractivity contribution is 0.317. The van der Waals surface area contributed by atoms with Crippen LogP contribution in [0.1, 0.15) is 19.8 Å². The second kappa shape index (κ2) is 0.661. The summed E-state index contributed by atoms with van der Waals surface area (Å²) >= 11 is 0. The summed E-state index contributed by atoms with van der Waals surface area (Å²) in [5.41, 5.74) is 0. The molecule has 2 saturated carbocycles. The van der Waals surface area contributed by atoms with E-state index >= 15 is 0 Å². The summed E-state index contributed by atoms with van der Waals surface area (Å²) in [6.07, 6.45) is 3.12. The van der Waals surface area contributed by atoms with Crippen molar-refractivity contribution in [2.45, 2.75) is 19.8 Å². The van der Waals surface area contributed by atoms with E-state index in [-0.39, 0.29) is 0 Å². The van der Waals surface area contributed by atoms with Gasteiger partial charge in [-0.1, -0.05) is 6.92 Å². The van der Waals surface area contributed by atoms with Gasteiger partial charge in [-0.25, -0.2) is 0 Å². The fourth-order valence-electron chi connectivity index (χ4n) is 1.70. The van der Waals surface area contributed by atoms with E-state index in [4.69, 9.17) is 0 Å². The molecule has 2 aliphatic carbocycles. The van der Waals surface area contributed by atoms with Crippen LogP contribution in [0.4, 0.5) is 0 Å². The van der Waals surface area contributed by atoms with Crippen molar-refractivity contribution in [2.75, 3.05) is 0 Å². The number of fused-ring (bicyclic) bond motifs is 1. The zero-order valence-corrected chi connectivity index (χ0v) is 4.15. The molecule has 0 aromatic rings. The maximum absolute atomic E-state index is 2.37. The summed E-state index contributed by atoms with van der Waals surface area (Å²) < 4.78 is 0. The van der Waals surface area contributed by atoms with Crippen LogP contribution in [0, 0.1) is 17.8 Å². The van der Waals surface area contributed by atoms with E-state index < -0.39 is 0 Å². The average molecular weight is 82.1 g/mol. The molecule has 0 spiro atoms. The second-order valence-electron chi connectivity index (χ2n) is 2.87. The molecule has 0 aromatic carbocycles. The summed E-state index contributed by atoms with van der Waals surface area (Å²) in [6, 6.07) is 0. The van der Waals surface area contributed by atoms with Crippen LogP contribution < -0.4 is 0 Å². The lowest BCUT2D eigenvalue weighted by atomic mass is 9.88. The number of hydrogen-bond donors (Lipinski definition) is 0. The van der Waals surface area contributed by atoms with E-state index in [2.05, 4.69) is 6.92 Å². The molecule has 0 bridgehead atoms. The molecule has 0 heterocycles. The van der Waals surface area contributed by atoms with Crippen molar-refractivity contribution >= 4 is 0 Å². The van der Waals surface area contributed by atoms with Crippen molar-refractivity contribution in [3.63, 3.8) is 0 Å². The minimum Gasteiger partial charge on any atom is -0.0622 e. The summed E-state index contributed by atoms with van der Waals surface area (Å²) in [4.78, 5) is 0. The molecule has 0 amide bonds. The molecule has 0 saturated heterocycles. The Morgan fingerprint density at radius 3 is 2.17 bits per heavy atom. The fraction of sp³-hybridized carbons (Fsp3) is 1.00. The SMILES string of the molecule is C[C@H]1C[C@@H]2C[C@@H]21. The van der Waals surface area contributed by atoms with Gasteiger partial charge in [0.2, 0.25) is 0 Å². The third-order valence-corrected chi connectivity index (χ3v) is 2.38. The van der Waals surface area contributed by atoms with Crippen LogP contribution in [-0.2, 0) is 0 Å². The standard InChI is InChI=1S/C6H10/c1-4-2-5-3-6(4)5/h4-6H,2-3H2,1H3/t4-,5+,6+/m0/s1. The summed E-state index contributed by atoms with van der Waals surface area (Å²) in [6.45, 7) is 2.37. The van der Waals surface area contributed by atoms with E-state index in [1.54, 1.807) is 12.8 Å².